The molecular weight excluding hydrogens is 342 g/mol. The van der Waals surface area contributed by atoms with Crippen LogP contribution in [0.25, 0.3) is 6.08 Å². The van der Waals surface area contributed by atoms with Crippen LogP contribution in [-0.4, -0.2) is 37.7 Å². The van der Waals surface area contributed by atoms with Gasteiger partial charge in [-0.1, -0.05) is 24.3 Å². The lowest BCUT2D eigenvalue weighted by Crippen LogP contribution is -2.29. The first-order valence-electron chi connectivity index (χ1n) is 9.27. The summed E-state index contributed by atoms with van der Waals surface area (Å²) in [6, 6.07) is 13.7. The molecule has 2 aliphatic rings. The van der Waals surface area contributed by atoms with Crippen molar-refractivity contribution in [1.82, 2.24) is 4.90 Å². The number of methoxy groups -OCH3 is 1. The molecule has 1 fully saturated rings. The van der Waals surface area contributed by atoms with Crippen molar-refractivity contribution in [2.24, 2.45) is 0 Å². The number of nitrogens with zero attached hydrogens (tertiary/aromatic N) is 1. The molecule has 4 rings (SSSR count). The van der Waals surface area contributed by atoms with Crippen molar-refractivity contribution in [3.05, 3.63) is 59.7 Å². The number of carbonyl (C=O) groups excluding carboxylic acids is 1. The maximum absolute atomic E-state index is 12.8. The van der Waals surface area contributed by atoms with Crippen LogP contribution in [0.15, 0.2) is 48.5 Å². The Labute approximate surface area is 159 Å². The minimum Gasteiger partial charge on any atom is -0.496 e. The molecule has 0 aliphatic carbocycles. The van der Waals surface area contributed by atoms with Crippen molar-refractivity contribution in [3.8, 4) is 17.2 Å². The topological polar surface area (TPSA) is 48.0 Å². The van der Waals surface area contributed by atoms with Crippen LogP contribution >= 0.6 is 0 Å². The monoisotopic (exact) mass is 365 g/mol. The van der Waals surface area contributed by atoms with Crippen molar-refractivity contribution < 1.29 is 19.0 Å². The van der Waals surface area contributed by atoms with Gasteiger partial charge in [0.2, 0.25) is 5.91 Å². The average Bonchev–Trinajstić information content (AvgIpc) is 3.22. The molecule has 0 spiro atoms. The largest absolute Gasteiger partial charge is 0.496 e. The van der Waals surface area contributed by atoms with Crippen molar-refractivity contribution in [2.45, 2.75) is 18.9 Å². The number of hydrogen-bond acceptors (Lipinski definition) is 4. The van der Waals surface area contributed by atoms with Crippen molar-refractivity contribution in [2.75, 3.05) is 26.9 Å². The highest BCUT2D eigenvalue weighted by Gasteiger charge is 2.29. The second kappa shape index (κ2) is 7.74. The molecule has 1 unspecified atom stereocenters. The third-order valence-electron chi connectivity index (χ3n) is 5.03. The van der Waals surface area contributed by atoms with Gasteiger partial charge in [-0.05, 0) is 42.7 Å². The lowest BCUT2D eigenvalue weighted by molar-refractivity contribution is -0.126. The molecule has 0 radical (unpaired) electrons. The maximum Gasteiger partial charge on any atom is 0.247 e. The molecule has 5 heteroatoms. The Morgan fingerprint density at radius 3 is 2.81 bits per heavy atom. The lowest BCUT2D eigenvalue weighted by atomic mass is 10.0. The maximum atomic E-state index is 12.8. The second-order valence-corrected chi connectivity index (χ2v) is 6.67. The van der Waals surface area contributed by atoms with Gasteiger partial charge in [-0.15, -0.1) is 0 Å². The molecule has 2 heterocycles. The van der Waals surface area contributed by atoms with E-state index in [-0.39, 0.29) is 11.9 Å². The standard InChI is InChI=1S/C22H23NO4/c1-25-19-7-3-2-5-16(19)9-11-22(24)23-12-4-6-18(23)17-8-10-20-21(15-17)27-14-13-26-20/h2-3,5,7-11,15,18H,4,6,12-14H2,1H3/b11-9+. The Morgan fingerprint density at radius 1 is 1.15 bits per heavy atom. The SMILES string of the molecule is COc1ccccc1/C=C/C(=O)N1CCCC1c1ccc2c(c1)OCCO2. The van der Waals surface area contributed by atoms with Crippen LogP contribution in [-0.2, 0) is 4.79 Å². The van der Waals surface area contributed by atoms with Gasteiger partial charge < -0.3 is 19.1 Å². The van der Waals surface area contributed by atoms with E-state index >= 15 is 0 Å². The Balaban J connectivity index is 1.52. The summed E-state index contributed by atoms with van der Waals surface area (Å²) in [6.45, 7) is 1.90. The summed E-state index contributed by atoms with van der Waals surface area (Å²) >= 11 is 0. The Kier molecular flexibility index (Phi) is 5.01. The summed E-state index contributed by atoms with van der Waals surface area (Å²) in [4.78, 5) is 14.8. The molecular formula is C22H23NO4. The smallest absolute Gasteiger partial charge is 0.247 e. The highest BCUT2D eigenvalue weighted by Crippen LogP contribution is 2.38. The fourth-order valence-electron chi connectivity index (χ4n) is 3.71. The van der Waals surface area contributed by atoms with E-state index in [0.717, 1.165) is 47.8 Å². The van der Waals surface area contributed by atoms with Crippen LogP contribution in [0.1, 0.15) is 30.0 Å². The number of rotatable bonds is 4. The van der Waals surface area contributed by atoms with E-state index in [2.05, 4.69) is 0 Å². The van der Waals surface area contributed by atoms with Gasteiger partial charge in [0, 0.05) is 18.2 Å². The average molecular weight is 365 g/mol. The summed E-state index contributed by atoms with van der Waals surface area (Å²) < 4.78 is 16.6. The first kappa shape index (κ1) is 17.5. The number of hydrogen-bond donors (Lipinski definition) is 0. The third kappa shape index (κ3) is 3.63. The fraction of sp³-hybridized carbons (Fsp3) is 0.318. The molecule has 1 saturated heterocycles. The first-order valence-corrected chi connectivity index (χ1v) is 9.27. The molecule has 2 aromatic rings. The normalized spacial score (nSPS) is 18.7. The summed E-state index contributed by atoms with van der Waals surface area (Å²) in [6.07, 6.45) is 5.40. The number of amides is 1. The molecule has 27 heavy (non-hydrogen) atoms. The van der Waals surface area contributed by atoms with Crippen LogP contribution in [0, 0.1) is 0 Å². The number of para-hydroxylation sites is 1. The molecule has 140 valence electrons. The number of fused-ring (bicyclic) bond motifs is 1. The van der Waals surface area contributed by atoms with Gasteiger partial charge in [0.05, 0.1) is 13.2 Å². The number of likely N-dealkylation sites (tertiary alicyclic amines) is 1. The highest BCUT2D eigenvalue weighted by atomic mass is 16.6. The Bertz CT molecular complexity index is 861. The fourth-order valence-corrected chi connectivity index (χ4v) is 3.71. The van der Waals surface area contributed by atoms with Crippen molar-refractivity contribution in [1.29, 1.82) is 0 Å². The van der Waals surface area contributed by atoms with Crippen LogP contribution in [0.2, 0.25) is 0 Å². The molecule has 1 atom stereocenters. The van der Waals surface area contributed by atoms with Crippen molar-refractivity contribution in [3.63, 3.8) is 0 Å². The summed E-state index contributed by atoms with van der Waals surface area (Å²) in [5.74, 6) is 2.31. The molecule has 0 N–H and O–H groups in total. The van der Waals surface area contributed by atoms with Gasteiger partial charge >= 0.3 is 0 Å². The predicted molar refractivity (Wildman–Crippen MR) is 103 cm³/mol. The van der Waals surface area contributed by atoms with E-state index in [1.165, 1.54) is 0 Å². The first-order chi connectivity index (χ1) is 13.3. The van der Waals surface area contributed by atoms with E-state index in [9.17, 15) is 4.79 Å². The summed E-state index contributed by atoms with van der Waals surface area (Å²) in [5, 5.41) is 0. The molecule has 0 aromatic heterocycles. The van der Waals surface area contributed by atoms with Crippen LogP contribution in [0.4, 0.5) is 0 Å². The van der Waals surface area contributed by atoms with E-state index in [0.29, 0.717) is 13.2 Å². The zero-order valence-corrected chi connectivity index (χ0v) is 15.4. The molecule has 1 amide bonds. The molecule has 2 aromatic carbocycles. The predicted octanol–water partition coefficient (Wildman–Crippen LogP) is 3.84. The third-order valence-corrected chi connectivity index (χ3v) is 5.03. The number of ether oxygens (including phenoxy) is 3. The van der Waals surface area contributed by atoms with Crippen molar-refractivity contribution >= 4 is 12.0 Å². The van der Waals surface area contributed by atoms with E-state index in [4.69, 9.17) is 14.2 Å². The minimum atomic E-state index is 0.0123. The zero-order valence-electron chi connectivity index (χ0n) is 15.4. The van der Waals surface area contributed by atoms with E-state index < -0.39 is 0 Å². The van der Waals surface area contributed by atoms with Gasteiger partial charge in [0.25, 0.3) is 0 Å². The molecule has 5 nitrogen and oxygen atoms in total. The summed E-state index contributed by atoms with van der Waals surface area (Å²) in [7, 11) is 1.63. The highest BCUT2D eigenvalue weighted by molar-refractivity contribution is 5.92. The molecule has 0 saturated carbocycles. The molecule has 0 bridgehead atoms. The lowest BCUT2D eigenvalue weighted by Gasteiger charge is -2.26. The van der Waals surface area contributed by atoms with Crippen LogP contribution in [0.3, 0.4) is 0 Å². The van der Waals surface area contributed by atoms with Gasteiger partial charge in [0.15, 0.2) is 11.5 Å². The minimum absolute atomic E-state index is 0.0123. The van der Waals surface area contributed by atoms with Gasteiger partial charge in [-0.3, -0.25) is 4.79 Å². The Hall–Kier alpha value is -2.95. The molecule has 2 aliphatic heterocycles. The number of carbonyl (C=O) groups is 1. The van der Waals surface area contributed by atoms with Gasteiger partial charge in [-0.25, -0.2) is 0 Å². The number of benzene rings is 2. The Morgan fingerprint density at radius 2 is 1.96 bits per heavy atom. The second-order valence-electron chi connectivity index (χ2n) is 6.67. The van der Waals surface area contributed by atoms with Gasteiger partial charge in [0.1, 0.15) is 19.0 Å². The van der Waals surface area contributed by atoms with E-state index in [1.807, 2.05) is 53.4 Å². The van der Waals surface area contributed by atoms with Crippen LogP contribution in [0.5, 0.6) is 17.2 Å². The summed E-state index contributed by atoms with van der Waals surface area (Å²) in [5.41, 5.74) is 1.99. The van der Waals surface area contributed by atoms with Crippen LogP contribution < -0.4 is 14.2 Å². The quantitative estimate of drug-likeness (QED) is 0.773. The van der Waals surface area contributed by atoms with Gasteiger partial charge in [-0.2, -0.15) is 0 Å². The zero-order chi connectivity index (χ0) is 18.6. The van der Waals surface area contributed by atoms with E-state index in [1.54, 1.807) is 13.2 Å².